The standard InChI is InChI=1S/C15H18N2O4/c18-14(19)13-10-21-8-7-17(13)15(20)16-6-5-11-3-1-2-4-12(11)9-16/h1-4,13H,5-10H2,(H,18,19). The van der Waals surface area contributed by atoms with Crippen molar-refractivity contribution in [2.24, 2.45) is 0 Å². The first-order valence-electron chi connectivity index (χ1n) is 7.09. The molecule has 0 spiro atoms. The molecule has 0 bridgehead atoms. The molecule has 3 rings (SSSR count). The van der Waals surface area contributed by atoms with Gasteiger partial charge in [-0.15, -0.1) is 0 Å². The van der Waals surface area contributed by atoms with E-state index in [1.165, 1.54) is 10.5 Å². The molecule has 0 aliphatic carbocycles. The van der Waals surface area contributed by atoms with E-state index in [1.807, 2.05) is 18.2 Å². The summed E-state index contributed by atoms with van der Waals surface area (Å²) < 4.78 is 5.17. The maximum atomic E-state index is 12.6. The number of carboxylic acid groups (broad SMARTS) is 1. The number of fused-ring (bicyclic) bond motifs is 1. The van der Waals surface area contributed by atoms with E-state index in [1.54, 1.807) is 4.90 Å². The summed E-state index contributed by atoms with van der Waals surface area (Å²) in [5, 5.41) is 9.22. The van der Waals surface area contributed by atoms with Crippen LogP contribution in [0.25, 0.3) is 0 Å². The van der Waals surface area contributed by atoms with Gasteiger partial charge in [0.25, 0.3) is 0 Å². The van der Waals surface area contributed by atoms with Crippen molar-refractivity contribution in [3.8, 4) is 0 Å². The number of carbonyl (C=O) groups is 2. The van der Waals surface area contributed by atoms with Gasteiger partial charge in [0.05, 0.1) is 13.2 Å². The number of aliphatic carboxylic acids is 1. The number of hydrogen-bond donors (Lipinski definition) is 1. The Kier molecular flexibility index (Phi) is 3.79. The van der Waals surface area contributed by atoms with Gasteiger partial charge in [0.15, 0.2) is 6.04 Å². The number of urea groups is 1. The number of ether oxygens (including phenoxy) is 1. The van der Waals surface area contributed by atoms with Gasteiger partial charge in [-0.1, -0.05) is 24.3 Å². The minimum atomic E-state index is -1.01. The highest BCUT2D eigenvalue weighted by atomic mass is 16.5. The second kappa shape index (κ2) is 5.73. The summed E-state index contributed by atoms with van der Waals surface area (Å²) in [5.41, 5.74) is 2.40. The molecule has 1 N–H and O–H groups in total. The van der Waals surface area contributed by atoms with Gasteiger partial charge >= 0.3 is 12.0 Å². The number of nitrogens with zero attached hydrogens (tertiary/aromatic N) is 2. The Morgan fingerprint density at radius 2 is 1.95 bits per heavy atom. The third-order valence-corrected chi connectivity index (χ3v) is 4.06. The van der Waals surface area contributed by atoms with E-state index < -0.39 is 12.0 Å². The van der Waals surface area contributed by atoms with Crippen LogP contribution in [0.2, 0.25) is 0 Å². The van der Waals surface area contributed by atoms with Crippen LogP contribution in [0.15, 0.2) is 24.3 Å². The molecule has 1 aromatic carbocycles. The summed E-state index contributed by atoms with van der Waals surface area (Å²) in [6.45, 7) is 1.94. The molecular formula is C15H18N2O4. The van der Waals surface area contributed by atoms with Crippen molar-refractivity contribution in [2.75, 3.05) is 26.3 Å². The number of morpholine rings is 1. The van der Waals surface area contributed by atoms with Crippen LogP contribution < -0.4 is 0 Å². The molecule has 1 aromatic rings. The first-order valence-corrected chi connectivity index (χ1v) is 7.09. The third-order valence-electron chi connectivity index (χ3n) is 4.06. The van der Waals surface area contributed by atoms with Gasteiger partial charge in [-0.25, -0.2) is 9.59 Å². The van der Waals surface area contributed by atoms with Gasteiger partial charge in [-0.3, -0.25) is 0 Å². The highest BCUT2D eigenvalue weighted by Gasteiger charge is 2.35. The molecule has 1 atom stereocenters. The number of rotatable bonds is 1. The zero-order valence-corrected chi connectivity index (χ0v) is 11.7. The Hall–Kier alpha value is -2.08. The fourth-order valence-corrected chi connectivity index (χ4v) is 2.88. The van der Waals surface area contributed by atoms with Crippen molar-refractivity contribution in [3.05, 3.63) is 35.4 Å². The molecule has 6 nitrogen and oxygen atoms in total. The lowest BCUT2D eigenvalue weighted by atomic mass is 10.0. The molecule has 2 aliphatic heterocycles. The van der Waals surface area contributed by atoms with Gasteiger partial charge in [-0.2, -0.15) is 0 Å². The van der Waals surface area contributed by atoms with Gasteiger partial charge in [0.2, 0.25) is 0 Å². The summed E-state index contributed by atoms with van der Waals surface area (Å²) in [5.74, 6) is -1.01. The van der Waals surface area contributed by atoms with E-state index in [-0.39, 0.29) is 12.6 Å². The largest absolute Gasteiger partial charge is 0.480 e. The highest BCUT2D eigenvalue weighted by molar-refractivity contribution is 5.83. The molecule has 1 saturated heterocycles. The normalized spacial score (nSPS) is 21.8. The maximum absolute atomic E-state index is 12.6. The van der Waals surface area contributed by atoms with Crippen LogP contribution in [-0.4, -0.2) is 59.3 Å². The topological polar surface area (TPSA) is 70.1 Å². The maximum Gasteiger partial charge on any atom is 0.328 e. The summed E-state index contributed by atoms with van der Waals surface area (Å²) in [6.07, 6.45) is 0.810. The van der Waals surface area contributed by atoms with Crippen LogP contribution in [0.4, 0.5) is 4.79 Å². The minimum Gasteiger partial charge on any atom is -0.480 e. The van der Waals surface area contributed by atoms with Crippen molar-refractivity contribution < 1.29 is 19.4 Å². The van der Waals surface area contributed by atoms with Crippen molar-refractivity contribution >= 4 is 12.0 Å². The van der Waals surface area contributed by atoms with Crippen molar-refractivity contribution in [3.63, 3.8) is 0 Å². The first kappa shape index (κ1) is 13.9. The molecule has 2 aliphatic rings. The van der Waals surface area contributed by atoms with Crippen molar-refractivity contribution in [1.82, 2.24) is 9.80 Å². The van der Waals surface area contributed by atoms with Crippen LogP contribution in [0, 0.1) is 0 Å². The molecular weight excluding hydrogens is 272 g/mol. The number of hydrogen-bond acceptors (Lipinski definition) is 3. The van der Waals surface area contributed by atoms with Crippen LogP contribution >= 0.6 is 0 Å². The molecule has 0 aromatic heterocycles. The highest BCUT2D eigenvalue weighted by Crippen LogP contribution is 2.21. The quantitative estimate of drug-likeness (QED) is 0.836. The fraction of sp³-hybridized carbons (Fsp3) is 0.467. The van der Waals surface area contributed by atoms with Gasteiger partial charge in [-0.05, 0) is 17.5 Å². The lowest BCUT2D eigenvalue weighted by Crippen LogP contribution is -2.57. The van der Waals surface area contributed by atoms with Crippen molar-refractivity contribution in [1.29, 1.82) is 0 Å². The molecule has 6 heteroatoms. The van der Waals surface area contributed by atoms with Crippen molar-refractivity contribution in [2.45, 2.75) is 19.0 Å². The third kappa shape index (κ3) is 2.71. The lowest BCUT2D eigenvalue weighted by molar-refractivity contribution is -0.147. The number of carboxylic acids is 1. The summed E-state index contributed by atoms with van der Waals surface area (Å²) in [6, 6.07) is 6.96. The Balaban J connectivity index is 1.75. The minimum absolute atomic E-state index is 0.0610. The molecule has 1 fully saturated rings. The summed E-state index contributed by atoms with van der Waals surface area (Å²) in [7, 11) is 0. The predicted molar refractivity (Wildman–Crippen MR) is 74.9 cm³/mol. The van der Waals surface area contributed by atoms with E-state index in [0.717, 1.165) is 12.0 Å². The number of amides is 2. The molecule has 112 valence electrons. The van der Waals surface area contributed by atoms with Gasteiger partial charge < -0.3 is 19.6 Å². The molecule has 0 radical (unpaired) electrons. The lowest BCUT2D eigenvalue weighted by Gasteiger charge is -2.38. The Labute approximate surface area is 122 Å². The number of carbonyl (C=O) groups excluding carboxylic acids is 1. The molecule has 2 heterocycles. The van der Waals surface area contributed by atoms with E-state index in [0.29, 0.717) is 26.2 Å². The molecule has 1 unspecified atom stereocenters. The van der Waals surface area contributed by atoms with Crippen LogP contribution in [-0.2, 0) is 22.5 Å². The second-order valence-electron chi connectivity index (χ2n) is 5.35. The monoisotopic (exact) mass is 290 g/mol. The predicted octanol–water partition coefficient (Wildman–Crippen LogP) is 0.950. The van der Waals surface area contributed by atoms with Gasteiger partial charge in [0, 0.05) is 19.6 Å². The first-order chi connectivity index (χ1) is 10.2. The molecule has 2 amide bonds. The SMILES string of the molecule is O=C(O)C1COCCN1C(=O)N1CCc2ccccc2C1. The Morgan fingerprint density at radius 3 is 2.71 bits per heavy atom. The summed E-state index contributed by atoms with van der Waals surface area (Å²) >= 11 is 0. The van der Waals surface area contributed by atoms with E-state index in [9.17, 15) is 14.7 Å². The van der Waals surface area contributed by atoms with E-state index >= 15 is 0 Å². The van der Waals surface area contributed by atoms with Crippen LogP contribution in [0.1, 0.15) is 11.1 Å². The number of benzene rings is 1. The van der Waals surface area contributed by atoms with Crippen LogP contribution in [0.3, 0.4) is 0 Å². The second-order valence-corrected chi connectivity index (χ2v) is 5.35. The fourth-order valence-electron chi connectivity index (χ4n) is 2.88. The molecule has 0 saturated carbocycles. The average Bonchev–Trinajstić information content (AvgIpc) is 2.53. The zero-order chi connectivity index (χ0) is 14.8. The van der Waals surface area contributed by atoms with E-state index in [2.05, 4.69) is 6.07 Å². The van der Waals surface area contributed by atoms with Gasteiger partial charge in [0.1, 0.15) is 0 Å². The average molecular weight is 290 g/mol. The smallest absolute Gasteiger partial charge is 0.328 e. The summed E-state index contributed by atoms with van der Waals surface area (Å²) in [4.78, 5) is 27.0. The Bertz CT molecular complexity index is 560. The van der Waals surface area contributed by atoms with E-state index in [4.69, 9.17) is 4.74 Å². The Morgan fingerprint density at radius 1 is 1.19 bits per heavy atom. The zero-order valence-electron chi connectivity index (χ0n) is 11.7. The van der Waals surface area contributed by atoms with Crippen LogP contribution in [0.5, 0.6) is 0 Å². The molecule has 21 heavy (non-hydrogen) atoms.